The molecular weight excluding hydrogens is 280 g/mol. The molecule has 0 aliphatic carbocycles. The Morgan fingerprint density at radius 1 is 1.24 bits per heavy atom. The molecule has 1 fully saturated rings. The molecule has 1 heterocycles. The van der Waals surface area contributed by atoms with Gasteiger partial charge in [0.25, 0.3) is 0 Å². The largest absolute Gasteiger partial charge is 0.370 e. The monoisotopic (exact) mass is 308 g/mol. The number of halogens is 1. The van der Waals surface area contributed by atoms with Gasteiger partial charge in [-0.2, -0.15) is 0 Å². The molecule has 1 aliphatic heterocycles. The predicted molar refractivity (Wildman–Crippen MR) is 93.3 cm³/mol. The molecule has 0 unspecified atom stereocenters. The van der Waals surface area contributed by atoms with E-state index in [1.54, 1.807) is 0 Å². The van der Waals surface area contributed by atoms with Crippen molar-refractivity contribution in [3.05, 3.63) is 28.8 Å². The molecule has 0 aromatic heterocycles. The Bertz CT molecular complexity index is 468. The molecule has 1 N–H and O–H groups in total. The van der Waals surface area contributed by atoms with Crippen LogP contribution in [-0.4, -0.2) is 19.1 Å². The van der Waals surface area contributed by atoms with Crippen molar-refractivity contribution in [1.29, 1.82) is 0 Å². The van der Waals surface area contributed by atoms with Crippen LogP contribution < -0.4 is 10.2 Å². The Kier molecular flexibility index (Phi) is 5.56. The first-order valence-corrected chi connectivity index (χ1v) is 8.52. The van der Waals surface area contributed by atoms with E-state index in [2.05, 4.69) is 50.0 Å². The lowest BCUT2D eigenvalue weighted by molar-refractivity contribution is 0.325. The molecule has 1 aromatic rings. The fourth-order valence-corrected chi connectivity index (χ4v) is 3.33. The summed E-state index contributed by atoms with van der Waals surface area (Å²) in [5.74, 6) is 0. The second-order valence-corrected chi connectivity index (χ2v) is 7.70. The Labute approximate surface area is 134 Å². The number of nitrogens with zero attached hydrogens (tertiary/aromatic N) is 1. The topological polar surface area (TPSA) is 15.3 Å². The minimum Gasteiger partial charge on any atom is -0.370 e. The molecular formula is C18H29ClN2. The fourth-order valence-electron chi connectivity index (χ4n) is 3.02. The van der Waals surface area contributed by atoms with Crippen molar-refractivity contribution in [3.8, 4) is 0 Å². The van der Waals surface area contributed by atoms with Crippen LogP contribution in [0, 0.1) is 5.41 Å². The van der Waals surface area contributed by atoms with E-state index in [0.717, 1.165) is 24.7 Å². The molecule has 1 aliphatic rings. The zero-order valence-corrected chi connectivity index (χ0v) is 14.6. The molecule has 2 nitrogen and oxygen atoms in total. The highest BCUT2D eigenvalue weighted by atomic mass is 35.5. The summed E-state index contributed by atoms with van der Waals surface area (Å²) < 4.78 is 0. The smallest absolute Gasteiger partial charge is 0.0642 e. The number of benzene rings is 1. The van der Waals surface area contributed by atoms with E-state index in [1.807, 2.05) is 6.07 Å². The standard InChI is InChI=1S/C18H29ClN2/c1-14(2)20-13-15-7-5-8-16(19)17(15)21-11-6-9-18(3,4)10-12-21/h5,7-8,14,20H,6,9-13H2,1-4H3. The van der Waals surface area contributed by atoms with Crippen molar-refractivity contribution in [1.82, 2.24) is 5.32 Å². The van der Waals surface area contributed by atoms with Crippen molar-refractivity contribution < 1.29 is 0 Å². The maximum Gasteiger partial charge on any atom is 0.0642 e. The summed E-state index contributed by atoms with van der Waals surface area (Å²) in [7, 11) is 0. The molecule has 21 heavy (non-hydrogen) atoms. The van der Waals surface area contributed by atoms with Crippen LogP contribution in [0.15, 0.2) is 18.2 Å². The van der Waals surface area contributed by atoms with Gasteiger partial charge in [-0.25, -0.2) is 0 Å². The van der Waals surface area contributed by atoms with Gasteiger partial charge in [0.2, 0.25) is 0 Å². The fraction of sp³-hybridized carbons (Fsp3) is 0.667. The second-order valence-electron chi connectivity index (χ2n) is 7.29. The summed E-state index contributed by atoms with van der Waals surface area (Å²) in [4.78, 5) is 2.49. The molecule has 2 rings (SSSR count). The normalized spacial score (nSPS) is 18.9. The van der Waals surface area contributed by atoms with Gasteiger partial charge in [-0.05, 0) is 36.3 Å². The lowest BCUT2D eigenvalue weighted by Gasteiger charge is -2.28. The van der Waals surface area contributed by atoms with Gasteiger partial charge in [0.05, 0.1) is 10.7 Å². The van der Waals surface area contributed by atoms with Gasteiger partial charge in [-0.1, -0.05) is 51.4 Å². The average molecular weight is 309 g/mol. The summed E-state index contributed by atoms with van der Waals surface area (Å²) in [6.45, 7) is 12.2. The molecule has 0 spiro atoms. The van der Waals surface area contributed by atoms with Crippen molar-refractivity contribution in [3.63, 3.8) is 0 Å². The number of para-hydroxylation sites is 1. The molecule has 0 bridgehead atoms. The van der Waals surface area contributed by atoms with Gasteiger partial charge in [-0.3, -0.25) is 0 Å². The van der Waals surface area contributed by atoms with E-state index in [9.17, 15) is 0 Å². The van der Waals surface area contributed by atoms with E-state index in [4.69, 9.17) is 11.6 Å². The van der Waals surface area contributed by atoms with Crippen molar-refractivity contribution in [2.75, 3.05) is 18.0 Å². The van der Waals surface area contributed by atoms with Gasteiger partial charge < -0.3 is 10.2 Å². The molecule has 1 saturated heterocycles. The SMILES string of the molecule is CC(C)NCc1cccc(Cl)c1N1CCCC(C)(C)CC1. The van der Waals surface area contributed by atoms with Crippen LogP contribution in [-0.2, 0) is 6.54 Å². The lowest BCUT2D eigenvalue weighted by Crippen LogP contribution is -2.28. The highest BCUT2D eigenvalue weighted by Gasteiger charge is 2.25. The van der Waals surface area contributed by atoms with Crippen LogP contribution in [0.4, 0.5) is 5.69 Å². The van der Waals surface area contributed by atoms with Gasteiger partial charge >= 0.3 is 0 Å². The first kappa shape index (κ1) is 16.6. The molecule has 0 atom stereocenters. The molecule has 118 valence electrons. The average Bonchev–Trinajstić information content (AvgIpc) is 2.57. The number of anilines is 1. The highest BCUT2D eigenvalue weighted by molar-refractivity contribution is 6.33. The zero-order chi connectivity index (χ0) is 15.5. The van der Waals surface area contributed by atoms with E-state index in [0.29, 0.717) is 11.5 Å². The molecule has 1 aromatic carbocycles. The van der Waals surface area contributed by atoms with Gasteiger partial charge in [0.15, 0.2) is 0 Å². The van der Waals surface area contributed by atoms with E-state index < -0.39 is 0 Å². The maximum absolute atomic E-state index is 6.53. The molecule has 3 heteroatoms. The first-order chi connectivity index (χ1) is 9.89. The summed E-state index contributed by atoms with van der Waals surface area (Å²) in [6, 6.07) is 6.77. The first-order valence-electron chi connectivity index (χ1n) is 8.15. The Hall–Kier alpha value is -0.730. The number of rotatable bonds is 4. The van der Waals surface area contributed by atoms with Gasteiger partial charge in [-0.15, -0.1) is 0 Å². The van der Waals surface area contributed by atoms with E-state index in [-0.39, 0.29) is 0 Å². The van der Waals surface area contributed by atoms with Crippen molar-refractivity contribution in [2.45, 2.75) is 59.5 Å². The summed E-state index contributed by atoms with van der Waals surface area (Å²) in [6.07, 6.45) is 3.78. The lowest BCUT2D eigenvalue weighted by atomic mass is 9.85. The van der Waals surface area contributed by atoms with Crippen LogP contribution >= 0.6 is 11.6 Å². The molecule has 0 saturated carbocycles. The van der Waals surface area contributed by atoms with Crippen LogP contribution in [0.2, 0.25) is 5.02 Å². The van der Waals surface area contributed by atoms with Crippen LogP contribution in [0.25, 0.3) is 0 Å². The van der Waals surface area contributed by atoms with Crippen molar-refractivity contribution in [2.24, 2.45) is 5.41 Å². The summed E-state index contributed by atoms with van der Waals surface area (Å²) in [5.41, 5.74) is 3.01. The van der Waals surface area contributed by atoms with Crippen LogP contribution in [0.3, 0.4) is 0 Å². The van der Waals surface area contributed by atoms with Gasteiger partial charge in [0, 0.05) is 25.7 Å². The van der Waals surface area contributed by atoms with Crippen LogP contribution in [0.1, 0.15) is 52.5 Å². The molecule has 0 amide bonds. The Balaban J connectivity index is 2.21. The quantitative estimate of drug-likeness (QED) is 0.855. The van der Waals surface area contributed by atoms with E-state index in [1.165, 1.54) is 30.5 Å². The zero-order valence-electron chi connectivity index (χ0n) is 13.9. The Morgan fingerprint density at radius 2 is 2.00 bits per heavy atom. The second kappa shape index (κ2) is 7.02. The minimum absolute atomic E-state index is 0.451. The van der Waals surface area contributed by atoms with Crippen molar-refractivity contribution >= 4 is 17.3 Å². The minimum atomic E-state index is 0.451. The Morgan fingerprint density at radius 3 is 2.71 bits per heavy atom. The molecule has 0 radical (unpaired) electrons. The number of nitrogens with one attached hydrogen (secondary N) is 1. The van der Waals surface area contributed by atoms with Gasteiger partial charge in [0.1, 0.15) is 0 Å². The third kappa shape index (κ3) is 4.62. The summed E-state index contributed by atoms with van der Waals surface area (Å²) in [5, 5.41) is 4.40. The third-order valence-electron chi connectivity index (χ3n) is 4.43. The number of hydrogen-bond acceptors (Lipinski definition) is 2. The highest BCUT2D eigenvalue weighted by Crippen LogP contribution is 2.36. The maximum atomic E-state index is 6.53. The van der Waals surface area contributed by atoms with Crippen LogP contribution in [0.5, 0.6) is 0 Å². The third-order valence-corrected chi connectivity index (χ3v) is 4.73. The summed E-state index contributed by atoms with van der Waals surface area (Å²) >= 11 is 6.53. The van der Waals surface area contributed by atoms with E-state index >= 15 is 0 Å². The number of hydrogen-bond donors (Lipinski definition) is 1. The predicted octanol–water partition coefficient (Wildman–Crippen LogP) is 4.85.